The van der Waals surface area contributed by atoms with Crippen LogP contribution in [0.1, 0.15) is 26.2 Å². The molecule has 1 aromatic carbocycles. The number of halogens is 1. The SMILES string of the molecule is CC1(CNCCOc2ccc(Br)cc2)CCC1. The van der Waals surface area contributed by atoms with Crippen LogP contribution in [0.15, 0.2) is 28.7 Å². The van der Waals surface area contributed by atoms with E-state index < -0.39 is 0 Å². The van der Waals surface area contributed by atoms with Gasteiger partial charge in [0.2, 0.25) is 0 Å². The molecule has 0 spiro atoms. The Bertz CT molecular complexity index is 346. The molecule has 0 unspecified atom stereocenters. The van der Waals surface area contributed by atoms with Gasteiger partial charge in [0.15, 0.2) is 0 Å². The van der Waals surface area contributed by atoms with Crippen molar-refractivity contribution in [3.05, 3.63) is 28.7 Å². The van der Waals surface area contributed by atoms with Gasteiger partial charge in [0.05, 0.1) is 0 Å². The van der Waals surface area contributed by atoms with Gasteiger partial charge in [0.25, 0.3) is 0 Å². The largest absolute Gasteiger partial charge is 0.492 e. The smallest absolute Gasteiger partial charge is 0.119 e. The fraction of sp³-hybridized carbons (Fsp3) is 0.571. The highest BCUT2D eigenvalue weighted by atomic mass is 79.9. The van der Waals surface area contributed by atoms with Gasteiger partial charge in [-0.05, 0) is 42.5 Å². The molecule has 0 radical (unpaired) electrons. The molecule has 17 heavy (non-hydrogen) atoms. The van der Waals surface area contributed by atoms with Crippen LogP contribution in [-0.2, 0) is 0 Å². The third-order valence-electron chi connectivity index (χ3n) is 3.47. The van der Waals surface area contributed by atoms with E-state index in [1.54, 1.807) is 0 Å². The molecular formula is C14H20BrNO. The quantitative estimate of drug-likeness (QED) is 0.810. The van der Waals surface area contributed by atoms with Crippen LogP contribution in [-0.4, -0.2) is 19.7 Å². The molecule has 1 saturated carbocycles. The number of hydrogen-bond acceptors (Lipinski definition) is 2. The molecule has 0 atom stereocenters. The Labute approximate surface area is 112 Å². The Hall–Kier alpha value is -0.540. The molecule has 0 heterocycles. The van der Waals surface area contributed by atoms with Gasteiger partial charge in [-0.15, -0.1) is 0 Å². The van der Waals surface area contributed by atoms with Crippen LogP contribution in [0.4, 0.5) is 0 Å². The van der Waals surface area contributed by atoms with Crippen molar-refractivity contribution in [1.29, 1.82) is 0 Å². The first-order valence-electron chi connectivity index (χ1n) is 6.27. The fourth-order valence-corrected chi connectivity index (χ4v) is 2.38. The molecule has 0 saturated heterocycles. The van der Waals surface area contributed by atoms with Crippen molar-refractivity contribution < 1.29 is 4.74 Å². The van der Waals surface area contributed by atoms with Gasteiger partial charge >= 0.3 is 0 Å². The van der Waals surface area contributed by atoms with Crippen LogP contribution in [0.2, 0.25) is 0 Å². The first-order valence-corrected chi connectivity index (χ1v) is 7.06. The topological polar surface area (TPSA) is 21.3 Å². The Balaban J connectivity index is 1.58. The lowest BCUT2D eigenvalue weighted by molar-refractivity contribution is 0.154. The molecule has 2 rings (SSSR count). The maximum Gasteiger partial charge on any atom is 0.119 e. The predicted molar refractivity (Wildman–Crippen MR) is 74.5 cm³/mol. The Morgan fingerprint density at radius 3 is 2.59 bits per heavy atom. The van der Waals surface area contributed by atoms with E-state index in [0.717, 1.165) is 29.9 Å². The predicted octanol–water partition coefficient (Wildman–Crippen LogP) is 3.61. The number of benzene rings is 1. The Morgan fingerprint density at radius 1 is 1.29 bits per heavy atom. The second-order valence-corrected chi connectivity index (χ2v) is 6.06. The van der Waals surface area contributed by atoms with Gasteiger partial charge in [-0.2, -0.15) is 0 Å². The molecule has 94 valence electrons. The monoisotopic (exact) mass is 297 g/mol. The second-order valence-electron chi connectivity index (χ2n) is 5.14. The van der Waals surface area contributed by atoms with E-state index in [4.69, 9.17) is 4.74 Å². The Kier molecular flexibility index (Phi) is 4.46. The average Bonchev–Trinajstić information content (AvgIpc) is 2.29. The summed E-state index contributed by atoms with van der Waals surface area (Å²) < 4.78 is 6.73. The lowest BCUT2D eigenvalue weighted by atomic mass is 9.70. The molecule has 0 aromatic heterocycles. The minimum Gasteiger partial charge on any atom is -0.492 e. The summed E-state index contributed by atoms with van der Waals surface area (Å²) in [5.41, 5.74) is 0.553. The molecule has 1 aliphatic rings. The minimum atomic E-state index is 0.553. The standard InChI is InChI=1S/C14H20BrNO/c1-14(7-2-8-14)11-16-9-10-17-13-5-3-12(15)4-6-13/h3-6,16H,2,7-11H2,1H3. The van der Waals surface area contributed by atoms with Gasteiger partial charge in [0.1, 0.15) is 12.4 Å². The highest BCUT2D eigenvalue weighted by Crippen LogP contribution is 2.39. The summed E-state index contributed by atoms with van der Waals surface area (Å²) >= 11 is 3.41. The zero-order chi connectivity index (χ0) is 12.1. The van der Waals surface area contributed by atoms with Gasteiger partial charge in [-0.1, -0.05) is 29.3 Å². The number of rotatable bonds is 6. The van der Waals surface area contributed by atoms with E-state index in [-0.39, 0.29) is 0 Å². The van der Waals surface area contributed by atoms with E-state index in [2.05, 4.69) is 28.2 Å². The normalized spacial score (nSPS) is 17.5. The zero-order valence-electron chi connectivity index (χ0n) is 10.3. The minimum absolute atomic E-state index is 0.553. The molecule has 0 aliphatic heterocycles. The number of hydrogen-bond donors (Lipinski definition) is 1. The van der Waals surface area contributed by atoms with E-state index in [1.807, 2.05) is 24.3 Å². The van der Waals surface area contributed by atoms with Gasteiger partial charge in [-0.25, -0.2) is 0 Å². The van der Waals surface area contributed by atoms with Crippen molar-refractivity contribution >= 4 is 15.9 Å². The van der Waals surface area contributed by atoms with E-state index in [9.17, 15) is 0 Å². The van der Waals surface area contributed by atoms with Gasteiger partial charge in [0, 0.05) is 17.6 Å². The van der Waals surface area contributed by atoms with Crippen LogP contribution >= 0.6 is 15.9 Å². The molecule has 3 heteroatoms. The summed E-state index contributed by atoms with van der Waals surface area (Å²) in [7, 11) is 0. The van der Waals surface area contributed by atoms with Crippen LogP contribution in [0.25, 0.3) is 0 Å². The fourth-order valence-electron chi connectivity index (χ4n) is 2.12. The maximum atomic E-state index is 5.64. The molecule has 1 N–H and O–H groups in total. The van der Waals surface area contributed by atoms with Crippen molar-refractivity contribution in [3.8, 4) is 5.75 Å². The van der Waals surface area contributed by atoms with Crippen molar-refractivity contribution in [2.24, 2.45) is 5.41 Å². The molecule has 0 amide bonds. The first kappa shape index (κ1) is 12.9. The van der Waals surface area contributed by atoms with Crippen LogP contribution in [0.3, 0.4) is 0 Å². The molecule has 1 aliphatic carbocycles. The van der Waals surface area contributed by atoms with E-state index >= 15 is 0 Å². The van der Waals surface area contributed by atoms with Crippen molar-refractivity contribution in [3.63, 3.8) is 0 Å². The molecule has 2 nitrogen and oxygen atoms in total. The summed E-state index contributed by atoms with van der Waals surface area (Å²) in [4.78, 5) is 0. The summed E-state index contributed by atoms with van der Waals surface area (Å²) in [5, 5.41) is 3.48. The van der Waals surface area contributed by atoms with Crippen molar-refractivity contribution in [1.82, 2.24) is 5.32 Å². The van der Waals surface area contributed by atoms with Crippen LogP contribution < -0.4 is 10.1 Å². The van der Waals surface area contributed by atoms with Crippen molar-refractivity contribution in [2.45, 2.75) is 26.2 Å². The molecule has 0 bridgehead atoms. The van der Waals surface area contributed by atoms with E-state index in [1.165, 1.54) is 19.3 Å². The lowest BCUT2D eigenvalue weighted by Crippen LogP contribution is -2.38. The summed E-state index contributed by atoms with van der Waals surface area (Å²) in [5.74, 6) is 0.935. The highest BCUT2D eigenvalue weighted by molar-refractivity contribution is 9.10. The third-order valence-corrected chi connectivity index (χ3v) is 4.00. The maximum absolute atomic E-state index is 5.64. The van der Waals surface area contributed by atoms with E-state index in [0.29, 0.717) is 5.41 Å². The van der Waals surface area contributed by atoms with Gasteiger partial charge in [-0.3, -0.25) is 0 Å². The van der Waals surface area contributed by atoms with Crippen molar-refractivity contribution in [2.75, 3.05) is 19.7 Å². The van der Waals surface area contributed by atoms with Gasteiger partial charge < -0.3 is 10.1 Å². The summed E-state index contributed by atoms with van der Waals surface area (Å²) in [6, 6.07) is 7.96. The van der Waals surface area contributed by atoms with Crippen LogP contribution in [0.5, 0.6) is 5.75 Å². The average molecular weight is 298 g/mol. The third kappa shape index (κ3) is 4.00. The highest BCUT2D eigenvalue weighted by Gasteiger charge is 2.30. The lowest BCUT2D eigenvalue weighted by Gasteiger charge is -2.38. The number of ether oxygens (including phenoxy) is 1. The Morgan fingerprint density at radius 2 is 2.00 bits per heavy atom. The van der Waals surface area contributed by atoms with Crippen LogP contribution in [0, 0.1) is 5.41 Å². The summed E-state index contributed by atoms with van der Waals surface area (Å²) in [6.45, 7) is 5.14. The molecular weight excluding hydrogens is 278 g/mol. The zero-order valence-corrected chi connectivity index (χ0v) is 11.9. The molecule has 1 aromatic rings. The number of nitrogens with one attached hydrogen (secondary N) is 1. The molecule has 1 fully saturated rings. The summed E-state index contributed by atoms with van der Waals surface area (Å²) in [6.07, 6.45) is 4.13. The second kappa shape index (κ2) is 5.87. The first-order chi connectivity index (χ1) is 8.18.